The number of para-hydroxylation sites is 1. The van der Waals surface area contributed by atoms with Gasteiger partial charge in [-0.05, 0) is 36.2 Å². The average molecular weight is 372 g/mol. The minimum Gasteiger partial charge on any atom is -0.508 e. The van der Waals surface area contributed by atoms with E-state index in [1.54, 1.807) is 28.9 Å². The lowest BCUT2D eigenvalue weighted by molar-refractivity contribution is 0.367. The van der Waals surface area contributed by atoms with E-state index in [9.17, 15) is 10.4 Å². The zero-order valence-corrected chi connectivity index (χ0v) is 15.5. The smallest absolute Gasteiger partial charge is 0.229 e. The largest absolute Gasteiger partial charge is 0.508 e. The van der Waals surface area contributed by atoms with Crippen LogP contribution in [0.1, 0.15) is 36.1 Å². The second kappa shape index (κ2) is 7.12. The summed E-state index contributed by atoms with van der Waals surface area (Å²) in [4.78, 5) is 0. The van der Waals surface area contributed by atoms with Crippen molar-refractivity contribution in [2.45, 2.75) is 25.7 Å². The number of ether oxygens (including phenoxy) is 1. The van der Waals surface area contributed by atoms with E-state index in [0.29, 0.717) is 11.5 Å². The monoisotopic (exact) mass is 372 g/mol. The Morgan fingerprint density at radius 3 is 2.54 bits per heavy atom. The molecule has 1 atom stereocenters. The number of aromatic hydroxyl groups is 1. The van der Waals surface area contributed by atoms with Gasteiger partial charge in [0.15, 0.2) is 0 Å². The first-order valence-electron chi connectivity index (χ1n) is 9.17. The highest BCUT2D eigenvalue weighted by Gasteiger charge is 2.36. The molecular weight excluding hydrogens is 352 g/mol. The second-order valence-corrected chi connectivity index (χ2v) is 6.68. The summed E-state index contributed by atoms with van der Waals surface area (Å²) >= 11 is 0. The molecule has 6 nitrogen and oxygen atoms in total. The maximum atomic E-state index is 9.77. The molecule has 0 amide bonds. The Kier molecular flexibility index (Phi) is 4.50. The Hall–Kier alpha value is -3.72. The van der Waals surface area contributed by atoms with Gasteiger partial charge in [-0.3, -0.25) is 0 Å². The summed E-state index contributed by atoms with van der Waals surface area (Å²) in [5, 5.41) is 24.2. The topological polar surface area (TPSA) is 97.1 Å². The standard InChI is InChI=1S/C22H20N4O2/c1-2-6-18-20-19(14-9-11-16(27)12-10-14)17(13-23)21(24)28-22(20)26(25-18)15-7-4-3-5-8-15/h3-5,7-12,19,27H,2,6,24H2,1H3/t19-/m1/s1. The molecule has 140 valence electrons. The second-order valence-electron chi connectivity index (χ2n) is 6.68. The number of phenolic OH excluding ortho intramolecular Hbond substituents is 1. The lowest BCUT2D eigenvalue weighted by atomic mass is 9.83. The maximum absolute atomic E-state index is 9.77. The van der Waals surface area contributed by atoms with Gasteiger partial charge in [0.25, 0.3) is 0 Å². The predicted octanol–water partition coefficient (Wildman–Crippen LogP) is 3.75. The van der Waals surface area contributed by atoms with E-state index in [1.165, 1.54) is 0 Å². The van der Waals surface area contributed by atoms with Gasteiger partial charge in [0.05, 0.1) is 22.9 Å². The number of hydrogen-bond donors (Lipinski definition) is 2. The highest BCUT2D eigenvalue weighted by atomic mass is 16.5. The van der Waals surface area contributed by atoms with Crippen molar-refractivity contribution in [3.05, 3.63) is 82.9 Å². The van der Waals surface area contributed by atoms with E-state index in [1.807, 2.05) is 30.3 Å². The molecule has 2 heterocycles. The molecular formula is C22H20N4O2. The number of aromatic nitrogens is 2. The number of aryl methyl sites for hydroxylation is 1. The van der Waals surface area contributed by atoms with E-state index in [-0.39, 0.29) is 11.6 Å². The fourth-order valence-corrected chi connectivity index (χ4v) is 3.58. The Balaban J connectivity index is 1.97. The van der Waals surface area contributed by atoms with Crippen molar-refractivity contribution in [3.63, 3.8) is 0 Å². The number of allylic oxidation sites excluding steroid dienone is 1. The molecule has 0 bridgehead atoms. The van der Waals surface area contributed by atoms with Gasteiger partial charge in [0.1, 0.15) is 17.4 Å². The summed E-state index contributed by atoms with van der Waals surface area (Å²) in [5.41, 5.74) is 9.92. The van der Waals surface area contributed by atoms with Crippen molar-refractivity contribution >= 4 is 0 Å². The molecule has 0 saturated heterocycles. The van der Waals surface area contributed by atoms with Crippen LogP contribution in [0.4, 0.5) is 0 Å². The molecule has 6 heteroatoms. The first-order chi connectivity index (χ1) is 13.6. The third kappa shape index (κ3) is 2.87. The maximum Gasteiger partial charge on any atom is 0.229 e. The number of nitriles is 1. The first-order valence-corrected chi connectivity index (χ1v) is 9.17. The van der Waals surface area contributed by atoms with Crippen LogP contribution in [-0.2, 0) is 6.42 Å². The molecule has 3 N–H and O–H groups in total. The van der Waals surface area contributed by atoms with Crippen LogP contribution in [0.5, 0.6) is 11.6 Å². The van der Waals surface area contributed by atoms with Crippen LogP contribution < -0.4 is 10.5 Å². The molecule has 1 aliphatic heterocycles. The van der Waals surface area contributed by atoms with Crippen LogP contribution in [0.15, 0.2) is 66.1 Å². The summed E-state index contributed by atoms with van der Waals surface area (Å²) in [5.74, 6) is 0.381. The molecule has 0 saturated carbocycles. The van der Waals surface area contributed by atoms with E-state index in [2.05, 4.69) is 13.0 Å². The van der Waals surface area contributed by atoms with Gasteiger partial charge in [-0.15, -0.1) is 0 Å². The van der Waals surface area contributed by atoms with Crippen LogP contribution in [-0.4, -0.2) is 14.9 Å². The van der Waals surface area contributed by atoms with Crippen LogP contribution in [0.25, 0.3) is 5.69 Å². The normalized spacial score (nSPS) is 15.6. The van der Waals surface area contributed by atoms with Crippen molar-refractivity contribution in [3.8, 4) is 23.4 Å². The molecule has 0 spiro atoms. The molecule has 1 aromatic heterocycles. The molecule has 28 heavy (non-hydrogen) atoms. The number of nitrogens with two attached hydrogens (primary N) is 1. The van der Waals surface area contributed by atoms with Crippen LogP contribution >= 0.6 is 0 Å². The van der Waals surface area contributed by atoms with E-state index in [4.69, 9.17) is 15.6 Å². The van der Waals surface area contributed by atoms with Gasteiger partial charge in [-0.25, -0.2) is 4.68 Å². The average Bonchev–Trinajstić information content (AvgIpc) is 3.06. The van der Waals surface area contributed by atoms with Gasteiger partial charge in [-0.1, -0.05) is 43.7 Å². The molecule has 0 radical (unpaired) electrons. The van der Waals surface area contributed by atoms with Crippen LogP contribution in [0, 0.1) is 11.3 Å². The number of hydrogen-bond acceptors (Lipinski definition) is 5. The van der Waals surface area contributed by atoms with Crippen molar-refractivity contribution in [2.75, 3.05) is 0 Å². The van der Waals surface area contributed by atoms with Gasteiger partial charge in [-0.2, -0.15) is 10.4 Å². The number of benzene rings is 2. The summed E-state index contributed by atoms with van der Waals surface area (Å²) < 4.78 is 7.65. The van der Waals surface area contributed by atoms with Gasteiger partial charge >= 0.3 is 0 Å². The van der Waals surface area contributed by atoms with E-state index in [0.717, 1.165) is 35.3 Å². The molecule has 4 rings (SSSR count). The van der Waals surface area contributed by atoms with Crippen molar-refractivity contribution in [2.24, 2.45) is 5.73 Å². The summed E-state index contributed by atoms with van der Waals surface area (Å²) in [6.07, 6.45) is 1.65. The fraction of sp³-hybridized carbons (Fsp3) is 0.182. The van der Waals surface area contributed by atoms with E-state index < -0.39 is 5.92 Å². The Labute approximate surface area is 163 Å². The first kappa shape index (κ1) is 17.7. The summed E-state index contributed by atoms with van der Waals surface area (Å²) in [6.45, 7) is 2.09. The van der Waals surface area contributed by atoms with Gasteiger partial charge in [0.2, 0.25) is 11.8 Å². The van der Waals surface area contributed by atoms with Gasteiger partial charge in [0, 0.05) is 0 Å². The van der Waals surface area contributed by atoms with Crippen LogP contribution in [0.2, 0.25) is 0 Å². The number of phenols is 1. The lowest BCUT2D eigenvalue weighted by Gasteiger charge is -2.25. The molecule has 0 fully saturated rings. The SMILES string of the molecule is CCCc1nn(-c2ccccc2)c2c1[C@H](c1ccc(O)cc1)C(C#N)=C(N)O2. The fourth-order valence-electron chi connectivity index (χ4n) is 3.58. The molecule has 0 unspecified atom stereocenters. The molecule has 3 aromatic rings. The summed E-state index contributed by atoms with van der Waals surface area (Å²) in [6, 6.07) is 18.7. The quantitative estimate of drug-likeness (QED) is 0.727. The number of fused-ring (bicyclic) bond motifs is 1. The Morgan fingerprint density at radius 1 is 1.18 bits per heavy atom. The third-order valence-corrected chi connectivity index (χ3v) is 4.84. The predicted molar refractivity (Wildman–Crippen MR) is 105 cm³/mol. The Bertz CT molecular complexity index is 1080. The van der Waals surface area contributed by atoms with Crippen molar-refractivity contribution < 1.29 is 9.84 Å². The highest BCUT2D eigenvalue weighted by molar-refractivity contribution is 5.57. The number of nitrogens with zero attached hydrogens (tertiary/aromatic N) is 3. The minimum absolute atomic E-state index is 0.0770. The third-order valence-electron chi connectivity index (χ3n) is 4.84. The zero-order valence-electron chi connectivity index (χ0n) is 15.5. The Morgan fingerprint density at radius 2 is 1.89 bits per heavy atom. The molecule has 1 aliphatic rings. The van der Waals surface area contributed by atoms with Crippen LogP contribution in [0.3, 0.4) is 0 Å². The zero-order chi connectivity index (χ0) is 19.7. The number of rotatable bonds is 4. The lowest BCUT2D eigenvalue weighted by Crippen LogP contribution is -2.22. The molecule has 0 aliphatic carbocycles. The molecule has 2 aromatic carbocycles. The van der Waals surface area contributed by atoms with E-state index >= 15 is 0 Å². The van der Waals surface area contributed by atoms with Crippen molar-refractivity contribution in [1.82, 2.24) is 9.78 Å². The van der Waals surface area contributed by atoms with Crippen molar-refractivity contribution in [1.29, 1.82) is 5.26 Å². The van der Waals surface area contributed by atoms with Gasteiger partial charge < -0.3 is 15.6 Å². The minimum atomic E-state index is -0.395. The highest BCUT2D eigenvalue weighted by Crippen LogP contribution is 2.45. The summed E-state index contributed by atoms with van der Waals surface area (Å²) in [7, 11) is 0.